The highest BCUT2D eigenvalue weighted by molar-refractivity contribution is 7.03. The van der Waals surface area contributed by atoms with Gasteiger partial charge in [-0.15, -0.1) is 0 Å². The molecule has 0 amide bonds. The number of fused-ring (bicyclic) bond motifs is 20. The van der Waals surface area contributed by atoms with E-state index in [0.29, 0.717) is 0 Å². The Hall–Kier alpha value is -12.1. The average molecular weight is 1410 g/mol. The van der Waals surface area contributed by atoms with Crippen molar-refractivity contribution < 1.29 is 8.83 Å². The second-order valence-corrected chi connectivity index (χ2v) is 40.1. The lowest BCUT2D eigenvalue weighted by atomic mass is 9.70. The lowest BCUT2D eigenvalue weighted by molar-refractivity contribution is 0.669. The van der Waals surface area contributed by atoms with Gasteiger partial charge < -0.3 is 18.6 Å². The molecule has 0 aliphatic heterocycles. The summed E-state index contributed by atoms with van der Waals surface area (Å²) in [5, 5.41) is 15.9. The van der Waals surface area contributed by atoms with Crippen LogP contribution in [-0.4, -0.2) is 16.9 Å². The zero-order valence-corrected chi connectivity index (χ0v) is 63.5. The minimum Gasteiger partial charge on any atom is -0.454 e. The summed E-state index contributed by atoms with van der Waals surface area (Å²) >= 11 is 0. The third kappa shape index (κ3) is 9.92. The molecule has 0 saturated carbocycles. The normalized spacial score (nSPS) is 13.7. The van der Waals surface area contributed by atoms with E-state index in [1.807, 2.05) is 0 Å². The Labute approximate surface area is 627 Å². The van der Waals surface area contributed by atoms with Gasteiger partial charge >= 0.3 is 0 Å². The average Bonchev–Trinajstić information content (AvgIpc) is 1.50. The second-order valence-electron chi connectivity index (χ2n) is 31.9. The van der Waals surface area contributed by atoms with Gasteiger partial charge in [-0.3, -0.25) is 0 Å². The molecule has 2 aliphatic carbocycles. The van der Waals surface area contributed by atoms with Crippen LogP contribution in [0.3, 0.4) is 0 Å². The van der Waals surface area contributed by atoms with Crippen molar-refractivity contribution >= 4 is 143 Å². The van der Waals surface area contributed by atoms with Crippen molar-refractivity contribution in [2.24, 2.45) is 0 Å². The largest absolute Gasteiger partial charge is 0.454 e. The second kappa shape index (κ2) is 24.2. The fourth-order valence-electron chi connectivity index (χ4n) is 18.2. The van der Waals surface area contributed by atoms with Crippen LogP contribution in [0.2, 0.25) is 23.2 Å². The lowest BCUT2D eigenvalue weighted by Crippen LogP contribution is -2.61. The van der Waals surface area contributed by atoms with Crippen LogP contribution in [0.5, 0.6) is 0 Å². The van der Waals surface area contributed by atoms with E-state index in [9.17, 15) is 0 Å². The zero-order chi connectivity index (χ0) is 72.2. The van der Waals surface area contributed by atoms with E-state index in [1.54, 1.807) is 0 Å². The predicted octanol–water partition coefficient (Wildman–Crippen LogP) is 26.7. The molecule has 2 aliphatic rings. The number of anilines is 6. The van der Waals surface area contributed by atoms with E-state index in [0.717, 1.165) is 94.2 Å². The minimum absolute atomic E-state index is 0.0693. The summed E-state index contributed by atoms with van der Waals surface area (Å²) in [5.74, 6) is 0. The SMILES string of the molecule is C[Si](c1cccc(-c2ccc3oc4c(N(c5ccc6ccccc6c5)c5cc6c(c7ccccc57)-c5ccc(N(c7ccc8ccccc8c7)c7cccc8c7oc7ccc(-c9cccc([Si](C)(c%10ccccc%10)C(C)(C)C)c9)cc78)cc5C65c6ccccc6-c6ccccc65)cccc4c3c2)c1)C(C)(C)C. The molecule has 107 heavy (non-hydrogen) atoms. The van der Waals surface area contributed by atoms with Crippen molar-refractivity contribution in [2.75, 3.05) is 9.80 Å². The van der Waals surface area contributed by atoms with E-state index in [4.69, 9.17) is 8.83 Å². The number of furan rings is 2. The number of hydrogen-bond acceptors (Lipinski definition) is 4. The van der Waals surface area contributed by atoms with Crippen molar-refractivity contribution in [3.63, 3.8) is 0 Å². The van der Waals surface area contributed by atoms with Crippen LogP contribution in [-0.2, 0) is 5.41 Å². The molecular formula is C101H79N2O2Si2. The summed E-state index contributed by atoms with van der Waals surface area (Å²) in [7, 11) is -3.06. The van der Waals surface area contributed by atoms with Gasteiger partial charge in [0, 0.05) is 44.0 Å². The molecule has 18 aromatic rings. The summed E-state index contributed by atoms with van der Waals surface area (Å²) in [6, 6.07) is 126. The van der Waals surface area contributed by atoms with Gasteiger partial charge in [-0.2, -0.15) is 0 Å². The molecule has 2 heterocycles. The van der Waals surface area contributed by atoms with E-state index in [2.05, 4.69) is 398 Å². The molecule has 1 atom stereocenters. The highest BCUT2D eigenvalue weighted by Gasteiger charge is 2.53. The first kappa shape index (κ1) is 64.5. The molecule has 0 fully saturated rings. The van der Waals surface area contributed by atoms with Crippen molar-refractivity contribution in [3.05, 3.63) is 356 Å². The molecule has 513 valence electrons. The fourth-order valence-corrected chi connectivity index (χ4v) is 23.6. The van der Waals surface area contributed by atoms with Crippen LogP contribution in [0.25, 0.3) is 121 Å². The topological polar surface area (TPSA) is 32.8 Å². The Morgan fingerprint density at radius 3 is 1.40 bits per heavy atom. The maximum atomic E-state index is 7.32. The molecule has 1 spiro atoms. The first-order valence-corrected chi connectivity index (χ1v) is 42.1. The van der Waals surface area contributed by atoms with Gasteiger partial charge in [-0.1, -0.05) is 325 Å². The quantitative estimate of drug-likeness (QED) is 0.121. The maximum absolute atomic E-state index is 7.32. The number of nitrogens with zero attached hydrogens (tertiary/aromatic N) is 2. The number of benzene rings is 16. The van der Waals surface area contributed by atoms with Crippen molar-refractivity contribution in [1.82, 2.24) is 0 Å². The number of hydrogen-bond donors (Lipinski definition) is 0. The molecule has 2 aromatic heterocycles. The summed E-state index contributed by atoms with van der Waals surface area (Å²) in [6.07, 6.45) is 0. The third-order valence-electron chi connectivity index (χ3n) is 24.3. The molecular weight excluding hydrogens is 1330 g/mol. The molecule has 6 heteroatoms. The maximum Gasteiger partial charge on any atom is 0.159 e. The molecule has 0 N–H and O–H groups in total. The summed E-state index contributed by atoms with van der Waals surface area (Å²) < 4.78 is 14.6. The monoisotopic (exact) mass is 1410 g/mol. The van der Waals surface area contributed by atoms with Crippen molar-refractivity contribution in [1.29, 1.82) is 0 Å². The van der Waals surface area contributed by atoms with E-state index in [1.165, 1.54) is 98.5 Å². The van der Waals surface area contributed by atoms with Gasteiger partial charge in [0.15, 0.2) is 11.2 Å². The van der Waals surface area contributed by atoms with Gasteiger partial charge in [-0.05, 0) is 183 Å². The molecule has 4 nitrogen and oxygen atoms in total. The van der Waals surface area contributed by atoms with E-state index < -0.39 is 22.3 Å². The highest BCUT2D eigenvalue weighted by Crippen LogP contribution is 2.66. The Kier molecular flexibility index (Phi) is 14.6. The standard InChI is InChI=1S/C101H79N2O2Si2/c1-99(2,3)106(7)75-32-22-30-68(58-75)70-48-54-95-85(60-70)83-41-25-45-92(98(83)105-95)103(73-51-47-65-27-13-15-29-67(65)57-73)93-63-90-96(81-39-17-16-38-80(81)93)84-53-52-74(62-89(84)101(90)87-42-20-18-36-78(87)79-37-19-21-43-88(79)101)102(72-50-46-64-26-12-14-28-66(64)56-72)91-44-24-40-82-86-61-71(49-55-94(86)104-97(82)91)69-31-23-35-77(59-69)107(8,100(4,5)6)76-33-10-9-11-34-76/h9-63H,1-8H3. The first-order chi connectivity index (χ1) is 52.1. The van der Waals surface area contributed by atoms with Crippen LogP contribution < -0.4 is 25.4 Å². The minimum atomic E-state index is -2.24. The van der Waals surface area contributed by atoms with Crippen LogP contribution in [0.1, 0.15) is 63.8 Å². The van der Waals surface area contributed by atoms with Gasteiger partial charge in [0.2, 0.25) is 0 Å². The van der Waals surface area contributed by atoms with E-state index in [-0.39, 0.29) is 10.1 Å². The Morgan fingerprint density at radius 2 is 0.794 bits per heavy atom. The Bertz CT molecular complexity index is 6640. The smallest absolute Gasteiger partial charge is 0.159 e. The van der Waals surface area contributed by atoms with E-state index >= 15 is 0 Å². The summed E-state index contributed by atoms with van der Waals surface area (Å²) in [6.45, 7) is 19.4. The predicted molar refractivity (Wildman–Crippen MR) is 458 cm³/mol. The summed E-state index contributed by atoms with van der Waals surface area (Å²) in [5.41, 5.74) is 23.3. The highest BCUT2D eigenvalue weighted by atomic mass is 28.3. The van der Waals surface area contributed by atoms with Crippen LogP contribution in [0, 0.1) is 0 Å². The molecule has 0 saturated heterocycles. The van der Waals surface area contributed by atoms with Crippen molar-refractivity contribution in [3.8, 4) is 44.5 Å². The fraction of sp³-hybridized carbons (Fsp3) is 0.109. The third-order valence-corrected chi connectivity index (χ3v) is 33.7. The van der Waals surface area contributed by atoms with Crippen molar-refractivity contribution in [2.45, 2.75) is 70.1 Å². The van der Waals surface area contributed by atoms with Crippen LogP contribution in [0.4, 0.5) is 34.1 Å². The zero-order valence-electron chi connectivity index (χ0n) is 61.5. The molecule has 0 bridgehead atoms. The first-order valence-electron chi connectivity index (χ1n) is 37.6. The van der Waals surface area contributed by atoms with Gasteiger partial charge in [0.1, 0.15) is 19.2 Å². The molecule has 1 unspecified atom stereocenters. The Morgan fingerprint density at radius 1 is 0.318 bits per heavy atom. The van der Waals surface area contributed by atoms with Gasteiger partial charge in [-0.25, -0.2) is 0 Å². The molecule has 20 rings (SSSR count). The van der Waals surface area contributed by atoms with Gasteiger partial charge in [0.05, 0.1) is 31.3 Å². The molecule has 16 aromatic carbocycles. The Balaban J connectivity index is 0.798. The lowest BCUT2D eigenvalue weighted by Gasteiger charge is -2.41. The van der Waals surface area contributed by atoms with Crippen LogP contribution in [0.15, 0.2) is 342 Å². The number of para-hydroxylation sites is 2. The number of rotatable bonds is 11. The summed E-state index contributed by atoms with van der Waals surface area (Å²) in [4.78, 5) is 4.96. The molecule has 1 radical (unpaired) electrons. The van der Waals surface area contributed by atoms with Gasteiger partial charge in [0.25, 0.3) is 0 Å². The van der Waals surface area contributed by atoms with Crippen LogP contribution >= 0.6 is 0 Å².